The zero-order chi connectivity index (χ0) is 22.9. The van der Waals surface area contributed by atoms with Gasteiger partial charge in [0.15, 0.2) is 0 Å². The molecule has 0 aliphatic heterocycles. The molecule has 8 nitrogen and oxygen atoms in total. The Morgan fingerprint density at radius 1 is 0.471 bits per heavy atom. The third-order valence-corrected chi connectivity index (χ3v) is 5.75. The molecule has 0 bridgehead atoms. The first-order chi connectivity index (χ1) is 15.2. The second-order valence-electron chi connectivity index (χ2n) is 7.27. The summed E-state index contributed by atoms with van der Waals surface area (Å²) in [5.41, 5.74) is -3.88. The number of carbonyl (C=O) groups excluding carboxylic acids is 4. The first-order valence-corrected chi connectivity index (χ1v) is 9.28. The van der Waals surface area contributed by atoms with E-state index in [1.807, 2.05) is 0 Å². The van der Waals surface area contributed by atoms with Crippen molar-refractivity contribution >= 4 is 113 Å². The van der Waals surface area contributed by atoms with E-state index in [4.69, 9.17) is 0 Å². The third kappa shape index (κ3) is 3.33. The smallest absolute Gasteiger partial charge is 0.545 e. The summed E-state index contributed by atoms with van der Waals surface area (Å²) in [5, 5.41) is 49.8. The molecule has 0 spiro atoms. The molecule has 0 fully saturated rings. The number of hydrogen-bond acceptors (Lipinski definition) is 8. The van der Waals surface area contributed by atoms with Crippen molar-refractivity contribution in [2.45, 2.75) is 0 Å². The van der Waals surface area contributed by atoms with Crippen LogP contribution < -0.4 is 20.4 Å². The number of fused-ring (bicyclic) bond motifs is 2. The number of carboxylic acid groups (broad SMARTS) is 4. The summed E-state index contributed by atoms with van der Waals surface area (Å²) in [6.07, 6.45) is 0. The van der Waals surface area contributed by atoms with E-state index < -0.39 is 51.5 Å². The van der Waals surface area contributed by atoms with Crippen LogP contribution in [-0.4, -0.2) is 70.0 Å². The maximum Gasteiger partial charge on any atom is 2.00 e. The van der Waals surface area contributed by atoms with Gasteiger partial charge in [0, 0.05) is 33.0 Å². The molecule has 5 aromatic carbocycles. The summed E-state index contributed by atoms with van der Waals surface area (Å²) in [5.74, 6) is -7.92. The van der Waals surface area contributed by atoms with Gasteiger partial charge in [0.05, 0.1) is 23.9 Å². The molecule has 0 atom stereocenters. The van der Waals surface area contributed by atoms with Crippen LogP contribution in [0.5, 0.6) is 0 Å². The number of benzene rings is 5. The van der Waals surface area contributed by atoms with E-state index in [0.717, 1.165) is 6.07 Å². The first-order valence-electron chi connectivity index (χ1n) is 9.28. The molecule has 0 heterocycles. The van der Waals surface area contributed by atoms with Crippen LogP contribution in [0.3, 0.4) is 0 Å². The van der Waals surface area contributed by atoms with Crippen molar-refractivity contribution in [2.24, 2.45) is 0 Å². The SMILES string of the molecule is O=C([O-])c1c(C(=O)[O-])c2c(C(=O)[O-])ccc3c4cccc5cccc(c(c1C(=O)[O-])c23)c54.[Mg+2].[Mg+2]. The van der Waals surface area contributed by atoms with Gasteiger partial charge in [-0.1, -0.05) is 48.5 Å². The maximum atomic E-state index is 12.2. The average molecular weight is 473 g/mol. The number of hydrogen-bond donors (Lipinski definition) is 0. The largest absolute Gasteiger partial charge is 2.00 e. The van der Waals surface area contributed by atoms with Crippen LogP contribution in [-0.2, 0) is 0 Å². The van der Waals surface area contributed by atoms with E-state index in [1.165, 1.54) is 6.07 Å². The van der Waals surface area contributed by atoms with Crippen LogP contribution >= 0.6 is 0 Å². The average Bonchev–Trinajstić information content (AvgIpc) is 2.75. The van der Waals surface area contributed by atoms with Crippen LogP contribution in [0, 0.1) is 0 Å². The second-order valence-corrected chi connectivity index (χ2v) is 7.27. The molecule has 0 aliphatic rings. The van der Waals surface area contributed by atoms with Gasteiger partial charge in [-0.05, 0) is 32.3 Å². The van der Waals surface area contributed by atoms with Gasteiger partial charge in [-0.15, -0.1) is 0 Å². The van der Waals surface area contributed by atoms with Gasteiger partial charge in [0.2, 0.25) is 0 Å². The van der Waals surface area contributed by atoms with Gasteiger partial charge < -0.3 is 39.6 Å². The molecule has 0 saturated heterocycles. The molecule has 0 radical (unpaired) electrons. The van der Waals surface area contributed by atoms with E-state index in [-0.39, 0.29) is 62.3 Å². The van der Waals surface area contributed by atoms with Crippen molar-refractivity contribution in [3.05, 3.63) is 70.8 Å². The summed E-state index contributed by atoms with van der Waals surface area (Å²) in [6, 6.07) is 12.6. The molecule has 156 valence electrons. The maximum absolute atomic E-state index is 12.2. The summed E-state index contributed by atoms with van der Waals surface area (Å²) in [7, 11) is 0. The molecule has 0 aromatic heterocycles. The summed E-state index contributed by atoms with van der Waals surface area (Å²) in [6.45, 7) is 0. The number of carboxylic acids is 4. The predicted molar refractivity (Wildman–Crippen MR) is 116 cm³/mol. The van der Waals surface area contributed by atoms with E-state index >= 15 is 0 Å². The fourth-order valence-corrected chi connectivity index (χ4v) is 4.67. The van der Waals surface area contributed by atoms with Gasteiger partial charge in [-0.2, -0.15) is 0 Å². The third-order valence-electron chi connectivity index (χ3n) is 5.75. The zero-order valence-electron chi connectivity index (χ0n) is 17.3. The Kier molecular flexibility index (Phi) is 6.64. The molecule has 0 saturated carbocycles. The van der Waals surface area contributed by atoms with Crippen LogP contribution in [0.4, 0.5) is 0 Å². The van der Waals surface area contributed by atoms with Crippen molar-refractivity contribution in [3.63, 3.8) is 0 Å². The van der Waals surface area contributed by atoms with Crippen molar-refractivity contribution < 1.29 is 39.6 Å². The fourth-order valence-electron chi connectivity index (χ4n) is 4.67. The van der Waals surface area contributed by atoms with E-state index in [0.29, 0.717) is 21.5 Å². The van der Waals surface area contributed by atoms with Crippen LogP contribution in [0.25, 0.3) is 43.1 Å². The Bertz CT molecular complexity index is 1680. The van der Waals surface area contributed by atoms with Gasteiger partial charge in [-0.3, -0.25) is 0 Å². The second kappa shape index (κ2) is 8.87. The molecule has 5 aromatic rings. The Morgan fingerprint density at radius 3 is 1.50 bits per heavy atom. The van der Waals surface area contributed by atoms with Crippen LogP contribution in [0.2, 0.25) is 0 Å². The Labute approximate surface area is 222 Å². The van der Waals surface area contributed by atoms with E-state index in [9.17, 15) is 39.6 Å². The molecule has 5 rings (SSSR count). The van der Waals surface area contributed by atoms with Crippen molar-refractivity contribution in [2.75, 3.05) is 0 Å². The Balaban J connectivity index is 0.00000162. The monoisotopic (exact) mass is 472 g/mol. The standard InChI is InChI=1S/C24H12O8.2Mg/c25-21(26)13-8-7-11-10-5-1-3-9-4-2-6-12(14(9)10)16-15(11)17(13)19(23(29)30)20(24(31)32)18(16)22(27)28;;/h1-8H,(H,25,26)(H,27,28)(H,29,30)(H,31,32);;/q;2*+2/p-4. The van der Waals surface area contributed by atoms with Crippen LogP contribution in [0.15, 0.2) is 48.5 Å². The molecular weight excluding hydrogens is 465 g/mol. The Hall–Kier alpha value is -3.19. The van der Waals surface area contributed by atoms with Crippen molar-refractivity contribution in [3.8, 4) is 0 Å². The molecule has 0 unspecified atom stereocenters. The summed E-state index contributed by atoms with van der Waals surface area (Å²) in [4.78, 5) is 48.0. The number of rotatable bonds is 4. The van der Waals surface area contributed by atoms with Gasteiger partial charge >= 0.3 is 46.1 Å². The van der Waals surface area contributed by atoms with Gasteiger partial charge in [-0.25, -0.2) is 0 Å². The fraction of sp³-hybridized carbons (Fsp3) is 0. The minimum Gasteiger partial charge on any atom is -0.545 e. The summed E-state index contributed by atoms with van der Waals surface area (Å²) < 4.78 is 0. The van der Waals surface area contributed by atoms with Gasteiger partial charge in [0.25, 0.3) is 0 Å². The van der Waals surface area contributed by atoms with Crippen molar-refractivity contribution in [1.82, 2.24) is 0 Å². The minimum atomic E-state index is -2.12. The normalized spacial score (nSPS) is 10.8. The minimum absolute atomic E-state index is 0. The van der Waals surface area contributed by atoms with Crippen molar-refractivity contribution in [1.29, 1.82) is 0 Å². The van der Waals surface area contributed by atoms with E-state index in [2.05, 4.69) is 0 Å². The quantitative estimate of drug-likeness (QED) is 0.172. The first kappa shape index (κ1) is 25.4. The molecule has 34 heavy (non-hydrogen) atoms. The van der Waals surface area contributed by atoms with E-state index in [1.54, 1.807) is 36.4 Å². The van der Waals surface area contributed by atoms with Gasteiger partial charge in [0.1, 0.15) is 0 Å². The topological polar surface area (TPSA) is 161 Å². The molecule has 0 aliphatic carbocycles. The molecule has 0 amide bonds. The zero-order valence-corrected chi connectivity index (χ0v) is 20.1. The Morgan fingerprint density at radius 2 is 0.971 bits per heavy atom. The number of aromatic carboxylic acids is 4. The number of carbonyl (C=O) groups is 4. The summed E-state index contributed by atoms with van der Waals surface area (Å²) >= 11 is 0. The molecular formula is C24H8Mg2O8. The van der Waals surface area contributed by atoms with Crippen LogP contribution in [0.1, 0.15) is 41.4 Å². The molecule has 10 heteroatoms. The molecule has 0 N–H and O–H groups in total. The predicted octanol–water partition coefficient (Wildman–Crippen LogP) is -1.57.